The van der Waals surface area contributed by atoms with E-state index in [0.29, 0.717) is 24.8 Å². The maximum Gasteiger partial charge on any atom is 0.251 e. The fourth-order valence-corrected chi connectivity index (χ4v) is 3.04. The monoisotopic (exact) mass is 338 g/mol. The Kier molecular flexibility index (Phi) is 5.14. The van der Waals surface area contributed by atoms with E-state index in [0.717, 1.165) is 16.8 Å². The number of rotatable bonds is 5. The molecule has 3 rings (SSSR count). The largest absolute Gasteiger partial charge is 0.388 e. The maximum absolute atomic E-state index is 12.4. The average Bonchev–Trinajstić information content (AvgIpc) is 2.61. The number of aliphatic hydroxyl groups excluding tert-OH is 1. The van der Waals surface area contributed by atoms with Crippen molar-refractivity contribution in [1.82, 2.24) is 5.32 Å². The summed E-state index contributed by atoms with van der Waals surface area (Å²) in [5.41, 5.74) is 3.16. The van der Waals surface area contributed by atoms with Gasteiger partial charge in [-0.25, -0.2) is 0 Å². The lowest BCUT2D eigenvalue weighted by molar-refractivity contribution is -0.116. The summed E-state index contributed by atoms with van der Waals surface area (Å²) >= 11 is 0. The van der Waals surface area contributed by atoms with Crippen molar-refractivity contribution in [2.24, 2.45) is 0 Å². The number of aliphatic hydroxyl groups is 1. The predicted molar refractivity (Wildman–Crippen MR) is 96.3 cm³/mol. The van der Waals surface area contributed by atoms with Crippen LogP contribution in [0, 0.1) is 0 Å². The van der Waals surface area contributed by atoms with Gasteiger partial charge in [-0.15, -0.1) is 0 Å². The second-order valence-electron chi connectivity index (χ2n) is 6.46. The van der Waals surface area contributed by atoms with Gasteiger partial charge in [0.05, 0.1) is 6.10 Å². The number of anilines is 1. The van der Waals surface area contributed by atoms with Crippen LogP contribution in [-0.2, 0) is 11.2 Å². The van der Waals surface area contributed by atoms with Crippen LogP contribution in [0.2, 0.25) is 0 Å². The molecule has 5 heteroatoms. The van der Waals surface area contributed by atoms with Crippen LogP contribution in [0.5, 0.6) is 0 Å². The fourth-order valence-electron chi connectivity index (χ4n) is 3.04. The molecule has 1 aliphatic rings. The molecule has 0 radical (unpaired) electrons. The summed E-state index contributed by atoms with van der Waals surface area (Å²) < 4.78 is 0. The van der Waals surface area contributed by atoms with Gasteiger partial charge < -0.3 is 15.7 Å². The van der Waals surface area contributed by atoms with Crippen molar-refractivity contribution >= 4 is 17.5 Å². The van der Waals surface area contributed by atoms with E-state index < -0.39 is 6.10 Å². The van der Waals surface area contributed by atoms with Crippen LogP contribution >= 0.6 is 0 Å². The van der Waals surface area contributed by atoms with E-state index in [1.807, 2.05) is 43.3 Å². The molecular weight excluding hydrogens is 316 g/mol. The summed E-state index contributed by atoms with van der Waals surface area (Å²) in [5.74, 6) is -0.166. The highest BCUT2D eigenvalue weighted by molar-refractivity contribution is 5.98. The Morgan fingerprint density at radius 2 is 1.96 bits per heavy atom. The van der Waals surface area contributed by atoms with Gasteiger partial charge in [0.25, 0.3) is 5.91 Å². The van der Waals surface area contributed by atoms with Crippen LogP contribution in [0.4, 0.5) is 5.69 Å². The SMILES string of the molecule is CC(CC(O)c1ccccc1)NC(=O)c1ccc2c(c1)CCC(=O)N2. The summed E-state index contributed by atoms with van der Waals surface area (Å²) in [6.07, 6.45) is 0.911. The van der Waals surface area contributed by atoms with Gasteiger partial charge in [-0.05, 0) is 49.1 Å². The summed E-state index contributed by atoms with van der Waals surface area (Å²) in [5, 5.41) is 16.0. The summed E-state index contributed by atoms with van der Waals surface area (Å²) in [7, 11) is 0. The predicted octanol–water partition coefficient (Wildman–Crippen LogP) is 2.81. The molecular formula is C20H22N2O3. The second-order valence-corrected chi connectivity index (χ2v) is 6.46. The van der Waals surface area contributed by atoms with Crippen LogP contribution in [-0.4, -0.2) is 23.0 Å². The Morgan fingerprint density at radius 3 is 2.72 bits per heavy atom. The number of fused-ring (bicyclic) bond motifs is 1. The number of hydrogen-bond acceptors (Lipinski definition) is 3. The summed E-state index contributed by atoms with van der Waals surface area (Å²) in [6.45, 7) is 1.88. The molecule has 2 aromatic carbocycles. The van der Waals surface area contributed by atoms with Crippen molar-refractivity contribution in [2.45, 2.75) is 38.3 Å². The Hall–Kier alpha value is -2.66. The molecule has 0 saturated heterocycles. The molecule has 2 unspecified atom stereocenters. The van der Waals surface area contributed by atoms with Crippen LogP contribution in [0.25, 0.3) is 0 Å². The molecule has 0 fully saturated rings. The first-order valence-electron chi connectivity index (χ1n) is 8.49. The third kappa shape index (κ3) is 4.25. The van der Waals surface area contributed by atoms with Crippen molar-refractivity contribution in [3.63, 3.8) is 0 Å². The molecule has 0 bridgehead atoms. The average molecular weight is 338 g/mol. The number of amides is 2. The standard InChI is InChI=1S/C20H22N2O3/c1-13(11-18(23)14-5-3-2-4-6-14)21-20(25)16-7-9-17-15(12-16)8-10-19(24)22-17/h2-7,9,12-13,18,23H,8,10-11H2,1H3,(H,21,25)(H,22,24). The number of aryl methyl sites for hydroxylation is 1. The molecule has 1 heterocycles. The van der Waals surface area contributed by atoms with Crippen molar-refractivity contribution in [2.75, 3.05) is 5.32 Å². The minimum Gasteiger partial charge on any atom is -0.388 e. The molecule has 0 aliphatic carbocycles. The van der Waals surface area contributed by atoms with Crippen LogP contribution in [0.15, 0.2) is 48.5 Å². The molecule has 5 nitrogen and oxygen atoms in total. The Bertz CT molecular complexity index is 774. The first kappa shape index (κ1) is 17.2. The molecule has 2 amide bonds. The van der Waals surface area contributed by atoms with E-state index in [1.54, 1.807) is 12.1 Å². The van der Waals surface area contributed by atoms with Gasteiger partial charge in [-0.2, -0.15) is 0 Å². The minimum atomic E-state index is -0.616. The zero-order valence-electron chi connectivity index (χ0n) is 14.2. The number of carbonyl (C=O) groups excluding carboxylic acids is 2. The molecule has 2 aromatic rings. The van der Waals surface area contributed by atoms with Crippen LogP contribution < -0.4 is 10.6 Å². The van der Waals surface area contributed by atoms with Crippen molar-refractivity contribution in [3.05, 3.63) is 65.2 Å². The number of nitrogens with one attached hydrogen (secondary N) is 2. The molecule has 3 N–H and O–H groups in total. The first-order chi connectivity index (χ1) is 12.0. The molecule has 25 heavy (non-hydrogen) atoms. The lowest BCUT2D eigenvalue weighted by Gasteiger charge is -2.20. The molecule has 0 aromatic heterocycles. The third-order valence-electron chi connectivity index (χ3n) is 4.40. The first-order valence-corrected chi connectivity index (χ1v) is 8.49. The smallest absolute Gasteiger partial charge is 0.251 e. The molecule has 2 atom stereocenters. The Morgan fingerprint density at radius 1 is 1.20 bits per heavy atom. The lowest BCUT2D eigenvalue weighted by Crippen LogP contribution is -2.34. The summed E-state index contributed by atoms with van der Waals surface area (Å²) in [4.78, 5) is 23.8. The Labute approximate surface area is 147 Å². The topological polar surface area (TPSA) is 78.4 Å². The third-order valence-corrected chi connectivity index (χ3v) is 4.40. The van der Waals surface area contributed by atoms with Crippen molar-refractivity contribution in [1.29, 1.82) is 0 Å². The van der Waals surface area contributed by atoms with Gasteiger partial charge >= 0.3 is 0 Å². The van der Waals surface area contributed by atoms with Crippen LogP contribution in [0.3, 0.4) is 0 Å². The van der Waals surface area contributed by atoms with Crippen LogP contribution in [0.1, 0.15) is 47.4 Å². The zero-order valence-corrected chi connectivity index (χ0v) is 14.2. The zero-order chi connectivity index (χ0) is 17.8. The van der Waals surface area contributed by atoms with E-state index in [1.165, 1.54) is 0 Å². The lowest BCUT2D eigenvalue weighted by atomic mass is 9.99. The molecule has 0 saturated carbocycles. The molecule has 1 aliphatic heterocycles. The highest BCUT2D eigenvalue weighted by Gasteiger charge is 2.18. The van der Waals surface area contributed by atoms with E-state index in [-0.39, 0.29) is 17.9 Å². The fraction of sp³-hybridized carbons (Fsp3) is 0.300. The molecule has 130 valence electrons. The quantitative estimate of drug-likeness (QED) is 0.784. The highest BCUT2D eigenvalue weighted by Crippen LogP contribution is 2.24. The normalized spacial score (nSPS) is 15.7. The minimum absolute atomic E-state index is 0.00761. The van der Waals surface area contributed by atoms with Crippen molar-refractivity contribution < 1.29 is 14.7 Å². The highest BCUT2D eigenvalue weighted by atomic mass is 16.3. The van der Waals surface area contributed by atoms with Gasteiger partial charge in [0.1, 0.15) is 0 Å². The maximum atomic E-state index is 12.4. The summed E-state index contributed by atoms with van der Waals surface area (Å²) in [6, 6.07) is 14.5. The van der Waals surface area contributed by atoms with Gasteiger partial charge in [0, 0.05) is 23.7 Å². The van der Waals surface area contributed by atoms with Gasteiger partial charge in [-0.1, -0.05) is 30.3 Å². The second kappa shape index (κ2) is 7.49. The number of benzene rings is 2. The number of hydrogen-bond donors (Lipinski definition) is 3. The number of carbonyl (C=O) groups is 2. The molecule has 0 spiro atoms. The van der Waals surface area contributed by atoms with E-state index in [4.69, 9.17) is 0 Å². The van der Waals surface area contributed by atoms with E-state index >= 15 is 0 Å². The van der Waals surface area contributed by atoms with Gasteiger partial charge in [0.15, 0.2) is 0 Å². The van der Waals surface area contributed by atoms with Gasteiger partial charge in [-0.3, -0.25) is 9.59 Å². The van der Waals surface area contributed by atoms with Gasteiger partial charge in [0.2, 0.25) is 5.91 Å². The van der Waals surface area contributed by atoms with E-state index in [9.17, 15) is 14.7 Å². The van der Waals surface area contributed by atoms with Crippen molar-refractivity contribution in [3.8, 4) is 0 Å². The van der Waals surface area contributed by atoms with E-state index in [2.05, 4.69) is 10.6 Å². The Balaban J connectivity index is 1.61.